The van der Waals surface area contributed by atoms with E-state index < -0.39 is 0 Å². The Labute approximate surface area is 261 Å². The molecule has 1 fully saturated rings. The van der Waals surface area contributed by atoms with Crippen LogP contribution in [0.3, 0.4) is 0 Å². The fraction of sp³-hybridized carbons (Fsp3) is 0.556. The molecule has 2 aliphatic rings. The molecule has 0 aliphatic heterocycles. The number of anilines is 2. The van der Waals surface area contributed by atoms with Gasteiger partial charge in [-0.1, -0.05) is 63.1 Å². The quantitative estimate of drug-likeness (QED) is 0.129. The summed E-state index contributed by atoms with van der Waals surface area (Å²) in [5.41, 5.74) is 7.55. The summed E-state index contributed by atoms with van der Waals surface area (Å²) < 4.78 is 1.90. The largest absolute Gasteiger partial charge is 0.384 e. The number of hydrogen-bond acceptors (Lipinski definition) is 6. The Bertz CT molecular complexity index is 1560. The fourth-order valence-corrected chi connectivity index (χ4v) is 7.08. The van der Waals surface area contributed by atoms with E-state index in [0.717, 1.165) is 73.9 Å². The summed E-state index contributed by atoms with van der Waals surface area (Å²) in [4.78, 5) is 22.9. The molecule has 3 N–H and O–H groups in total. The van der Waals surface area contributed by atoms with Gasteiger partial charge in [0.05, 0.1) is 28.4 Å². The van der Waals surface area contributed by atoms with E-state index in [0.29, 0.717) is 18.2 Å². The van der Waals surface area contributed by atoms with Crippen LogP contribution in [0.4, 0.5) is 11.4 Å². The van der Waals surface area contributed by atoms with Gasteiger partial charge in [-0.3, -0.25) is 9.78 Å². The minimum atomic E-state index is -0.0427. The number of aryl methyl sites for hydroxylation is 2. The third kappa shape index (κ3) is 7.00. The fourth-order valence-electron chi connectivity index (χ4n) is 7.08. The molecule has 0 radical (unpaired) electrons. The molecule has 44 heavy (non-hydrogen) atoms. The Balaban J connectivity index is 0.935. The van der Waals surface area contributed by atoms with Crippen molar-refractivity contribution < 1.29 is 4.79 Å². The van der Waals surface area contributed by atoms with Gasteiger partial charge in [0.1, 0.15) is 0 Å². The number of fused-ring (bicyclic) bond motifs is 3. The van der Waals surface area contributed by atoms with Crippen LogP contribution in [0.2, 0.25) is 0 Å². The minimum Gasteiger partial charge on any atom is -0.384 e. The highest BCUT2D eigenvalue weighted by molar-refractivity contribution is 6.06. The molecule has 1 aromatic carbocycles. The van der Waals surface area contributed by atoms with Crippen LogP contribution in [0.25, 0.3) is 21.9 Å². The molecule has 8 heteroatoms. The van der Waals surface area contributed by atoms with Crippen molar-refractivity contribution in [1.82, 2.24) is 25.1 Å². The highest BCUT2D eigenvalue weighted by Gasteiger charge is 2.22. The minimum absolute atomic E-state index is 0.0427. The van der Waals surface area contributed by atoms with Crippen LogP contribution in [-0.2, 0) is 19.4 Å². The molecule has 4 aromatic rings. The number of rotatable bonds is 14. The molecule has 0 spiro atoms. The molecule has 3 aromatic heterocycles. The van der Waals surface area contributed by atoms with Crippen molar-refractivity contribution in [3.05, 3.63) is 53.5 Å². The Morgan fingerprint density at radius 3 is 2.48 bits per heavy atom. The summed E-state index contributed by atoms with van der Waals surface area (Å²) >= 11 is 0. The van der Waals surface area contributed by atoms with Crippen molar-refractivity contribution in [3.8, 4) is 0 Å². The van der Waals surface area contributed by atoms with Crippen molar-refractivity contribution in [3.63, 3.8) is 0 Å². The van der Waals surface area contributed by atoms with Gasteiger partial charge in [0.15, 0.2) is 5.65 Å². The van der Waals surface area contributed by atoms with E-state index in [1.165, 1.54) is 80.1 Å². The zero-order valence-electron chi connectivity index (χ0n) is 26.5. The Hall–Kier alpha value is -3.68. The highest BCUT2D eigenvalue weighted by Crippen LogP contribution is 2.33. The van der Waals surface area contributed by atoms with Gasteiger partial charge in [-0.05, 0) is 69.9 Å². The van der Waals surface area contributed by atoms with Crippen molar-refractivity contribution in [2.24, 2.45) is 0 Å². The average Bonchev–Trinajstić information content (AvgIpc) is 3.49. The standard InChI is InChI=1S/C36H49N7O/c1-2-43-35-29(25-40-43)34(41-26-16-8-7-9-17-26)30(24-39-35)36(44)38-23-15-6-4-3-5-14-22-37-33-27-18-10-12-20-31(27)42-32-21-13-11-19-28(32)33/h10,12,18,20,24-26H,2-9,11,13-17,19,21-23H2,1H3,(H,37,42)(H,38,44)(H,39,41). The first-order valence-corrected chi connectivity index (χ1v) is 17.3. The Morgan fingerprint density at radius 1 is 0.864 bits per heavy atom. The van der Waals surface area contributed by atoms with Gasteiger partial charge >= 0.3 is 0 Å². The molecule has 1 amide bonds. The topological polar surface area (TPSA) is 96.8 Å². The second-order valence-corrected chi connectivity index (χ2v) is 12.7. The molecule has 0 saturated heterocycles. The van der Waals surface area contributed by atoms with E-state index in [-0.39, 0.29) is 5.91 Å². The first-order valence-electron chi connectivity index (χ1n) is 17.3. The van der Waals surface area contributed by atoms with Crippen LogP contribution in [0.5, 0.6) is 0 Å². The first-order chi connectivity index (χ1) is 21.7. The second kappa shape index (κ2) is 14.9. The summed E-state index contributed by atoms with van der Waals surface area (Å²) in [5.74, 6) is -0.0427. The first kappa shape index (κ1) is 30.4. The number of nitrogens with zero attached hydrogens (tertiary/aromatic N) is 4. The lowest BCUT2D eigenvalue weighted by Gasteiger charge is -2.25. The number of benzene rings is 1. The molecular weight excluding hydrogens is 546 g/mol. The van der Waals surface area contributed by atoms with Crippen molar-refractivity contribution in [1.29, 1.82) is 0 Å². The van der Waals surface area contributed by atoms with Crippen molar-refractivity contribution in [2.75, 3.05) is 23.7 Å². The number of unbranched alkanes of at least 4 members (excludes halogenated alkanes) is 5. The van der Waals surface area contributed by atoms with Crippen LogP contribution in [0.15, 0.2) is 36.7 Å². The zero-order valence-corrected chi connectivity index (χ0v) is 26.5. The van der Waals surface area contributed by atoms with Gasteiger partial charge in [0.25, 0.3) is 5.91 Å². The van der Waals surface area contributed by atoms with E-state index in [1.807, 2.05) is 10.9 Å². The van der Waals surface area contributed by atoms with Gasteiger partial charge in [-0.25, -0.2) is 9.67 Å². The summed E-state index contributed by atoms with van der Waals surface area (Å²) in [6.45, 7) is 4.51. The molecule has 3 heterocycles. The van der Waals surface area contributed by atoms with Crippen molar-refractivity contribution in [2.45, 2.75) is 116 Å². The molecule has 6 rings (SSSR count). The van der Waals surface area contributed by atoms with Crippen LogP contribution < -0.4 is 16.0 Å². The maximum Gasteiger partial charge on any atom is 0.254 e. The molecule has 234 valence electrons. The van der Waals surface area contributed by atoms with Crippen molar-refractivity contribution >= 4 is 39.2 Å². The maximum absolute atomic E-state index is 13.3. The molecule has 0 bridgehead atoms. The van der Waals surface area contributed by atoms with Gasteiger partial charge in [-0.15, -0.1) is 0 Å². The summed E-state index contributed by atoms with van der Waals surface area (Å²) in [6.07, 6.45) is 21.3. The SMILES string of the molecule is CCn1ncc2c(NC3CCCCC3)c(C(=O)NCCCCCCCCNc3c4c(nc5ccccc35)CCCC4)cnc21. The predicted molar refractivity (Wildman–Crippen MR) is 181 cm³/mol. The predicted octanol–water partition coefficient (Wildman–Crippen LogP) is 7.81. The number of para-hydroxylation sites is 1. The number of carbonyl (C=O) groups excluding carboxylic acids is 1. The lowest BCUT2D eigenvalue weighted by molar-refractivity contribution is 0.0953. The van der Waals surface area contributed by atoms with E-state index in [9.17, 15) is 4.79 Å². The lowest BCUT2D eigenvalue weighted by atomic mass is 9.92. The third-order valence-electron chi connectivity index (χ3n) is 9.52. The average molecular weight is 596 g/mol. The smallest absolute Gasteiger partial charge is 0.254 e. The van der Waals surface area contributed by atoms with Gasteiger partial charge in [-0.2, -0.15) is 5.10 Å². The molecule has 1 saturated carbocycles. The molecular formula is C36H49N7O. The summed E-state index contributed by atoms with van der Waals surface area (Å²) in [5, 5.41) is 17.4. The normalized spacial score (nSPS) is 15.4. The monoisotopic (exact) mass is 595 g/mol. The number of hydrogen-bond donors (Lipinski definition) is 3. The van der Waals surface area contributed by atoms with Crippen LogP contribution in [-0.4, -0.2) is 44.8 Å². The molecule has 2 aliphatic carbocycles. The number of carbonyl (C=O) groups is 1. The molecule has 0 atom stereocenters. The Morgan fingerprint density at radius 2 is 1.64 bits per heavy atom. The highest BCUT2D eigenvalue weighted by atomic mass is 16.1. The number of nitrogens with one attached hydrogen (secondary N) is 3. The summed E-state index contributed by atoms with van der Waals surface area (Å²) in [6, 6.07) is 8.96. The van der Waals surface area contributed by atoms with Gasteiger partial charge < -0.3 is 16.0 Å². The molecule has 0 unspecified atom stereocenters. The van der Waals surface area contributed by atoms with E-state index in [2.05, 4.69) is 57.2 Å². The van der Waals surface area contributed by atoms with Crippen LogP contribution in [0, 0.1) is 0 Å². The third-order valence-corrected chi connectivity index (χ3v) is 9.52. The van der Waals surface area contributed by atoms with E-state index >= 15 is 0 Å². The second-order valence-electron chi connectivity index (χ2n) is 12.7. The van der Waals surface area contributed by atoms with Crippen LogP contribution in [0.1, 0.15) is 112 Å². The number of amides is 1. The van der Waals surface area contributed by atoms with E-state index in [4.69, 9.17) is 4.98 Å². The maximum atomic E-state index is 13.3. The van der Waals surface area contributed by atoms with Gasteiger partial charge in [0, 0.05) is 48.6 Å². The van der Waals surface area contributed by atoms with E-state index in [1.54, 1.807) is 6.20 Å². The van der Waals surface area contributed by atoms with Gasteiger partial charge in [0.2, 0.25) is 0 Å². The summed E-state index contributed by atoms with van der Waals surface area (Å²) in [7, 11) is 0. The number of pyridine rings is 2. The zero-order chi connectivity index (χ0) is 30.1. The van der Waals surface area contributed by atoms with Crippen LogP contribution >= 0.6 is 0 Å². The Kier molecular flexibility index (Phi) is 10.3. The molecule has 8 nitrogen and oxygen atoms in total. The lowest BCUT2D eigenvalue weighted by Crippen LogP contribution is -2.28. The number of aromatic nitrogens is 4.